The van der Waals surface area contributed by atoms with Crippen LogP contribution < -0.4 is 10.2 Å². The van der Waals surface area contributed by atoms with E-state index in [-0.39, 0.29) is 29.2 Å². The maximum absolute atomic E-state index is 13.2. The number of thiazole rings is 1. The molecule has 6 nitrogen and oxygen atoms in total. The number of thioether (sulfide) groups is 1. The highest BCUT2D eigenvalue weighted by atomic mass is 35.5. The minimum absolute atomic E-state index is 0.107. The van der Waals surface area contributed by atoms with Crippen molar-refractivity contribution in [2.75, 3.05) is 10.2 Å². The highest BCUT2D eigenvalue weighted by molar-refractivity contribution is 8.00. The van der Waals surface area contributed by atoms with Crippen molar-refractivity contribution in [1.82, 2.24) is 4.98 Å². The second-order valence-electron chi connectivity index (χ2n) is 9.52. The van der Waals surface area contributed by atoms with Crippen LogP contribution in [0.1, 0.15) is 22.3 Å². The molecule has 3 amide bonds. The second-order valence-corrected chi connectivity index (χ2v) is 12.7. The first-order valence-corrected chi connectivity index (χ1v) is 15.1. The van der Waals surface area contributed by atoms with Crippen LogP contribution in [0.2, 0.25) is 10.0 Å². The second kappa shape index (κ2) is 11.3. The summed E-state index contributed by atoms with van der Waals surface area (Å²) >= 11 is 15.0. The summed E-state index contributed by atoms with van der Waals surface area (Å²) in [6.45, 7) is 2.05. The van der Waals surface area contributed by atoms with Crippen LogP contribution in [0.25, 0.3) is 20.8 Å². The van der Waals surface area contributed by atoms with Gasteiger partial charge in [-0.2, -0.15) is 0 Å². The Hall–Kier alpha value is -3.69. The summed E-state index contributed by atoms with van der Waals surface area (Å²) in [5.74, 6) is -0.846. The number of fused-ring (bicyclic) bond motifs is 1. The molecule has 6 rings (SSSR count). The fourth-order valence-corrected chi connectivity index (χ4v) is 7.15. The van der Waals surface area contributed by atoms with Gasteiger partial charge in [0, 0.05) is 27.6 Å². The molecule has 0 radical (unpaired) electrons. The van der Waals surface area contributed by atoms with E-state index in [1.165, 1.54) is 28.3 Å². The number of anilines is 2. The molecule has 1 fully saturated rings. The molecule has 1 atom stereocenters. The smallest absolute Gasteiger partial charge is 0.257 e. The number of imide groups is 1. The number of halogens is 2. The van der Waals surface area contributed by atoms with E-state index in [0.717, 1.165) is 25.7 Å². The first kappa shape index (κ1) is 27.5. The highest BCUT2D eigenvalue weighted by Crippen LogP contribution is 2.36. The Morgan fingerprint density at radius 3 is 2.46 bits per heavy atom. The third-order valence-electron chi connectivity index (χ3n) is 6.59. The van der Waals surface area contributed by atoms with Crippen molar-refractivity contribution < 1.29 is 14.4 Å². The van der Waals surface area contributed by atoms with Crippen molar-refractivity contribution in [3.63, 3.8) is 0 Å². The van der Waals surface area contributed by atoms with Crippen LogP contribution in [0.4, 0.5) is 11.4 Å². The average molecular weight is 619 g/mol. The Kier molecular flexibility index (Phi) is 7.57. The number of nitrogens with one attached hydrogen (secondary N) is 1. The Morgan fingerprint density at radius 2 is 1.73 bits per heavy atom. The quantitative estimate of drug-likeness (QED) is 0.194. The molecule has 0 aliphatic carbocycles. The van der Waals surface area contributed by atoms with Crippen LogP contribution in [-0.2, 0) is 9.59 Å². The SMILES string of the molecule is Cc1ccc2nc(-c3ccc(N4C(=O)CC(Sc5ccc(NC(=O)c6ccc(Cl)cc6Cl)cc5)C4=O)cc3)sc2c1. The minimum atomic E-state index is -0.539. The summed E-state index contributed by atoms with van der Waals surface area (Å²) in [5.41, 5.74) is 4.50. The minimum Gasteiger partial charge on any atom is -0.322 e. The maximum atomic E-state index is 13.2. The van der Waals surface area contributed by atoms with Gasteiger partial charge in [0.15, 0.2) is 0 Å². The number of carbonyl (C=O) groups is 3. The summed E-state index contributed by atoms with van der Waals surface area (Å²) in [5, 5.41) is 3.86. The normalized spacial score (nSPS) is 15.1. The highest BCUT2D eigenvalue weighted by Gasteiger charge is 2.40. The van der Waals surface area contributed by atoms with E-state index >= 15 is 0 Å². The third kappa shape index (κ3) is 5.74. The van der Waals surface area contributed by atoms with Crippen molar-refractivity contribution in [1.29, 1.82) is 0 Å². The van der Waals surface area contributed by atoms with Crippen molar-refractivity contribution in [2.24, 2.45) is 0 Å². The average Bonchev–Trinajstić information content (AvgIpc) is 3.49. The molecule has 2 heterocycles. The van der Waals surface area contributed by atoms with Crippen LogP contribution >= 0.6 is 46.3 Å². The van der Waals surface area contributed by atoms with E-state index in [1.807, 2.05) is 24.3 Å². The molecule has 5 aromatic rings. The molecular weight excluding hydrogens is 597 g/mol. The predicted octanol–water partition coefficient (Wildman–Crippen LogP) is 8.26. The number of carbonyl (C=O) groups excluding carboxylic acids is 3. The van der Waals surface area contributed by atoms with Gasteiger partial charge in [-0.15, -0.1) is 23.1 Å². The number of aromatic nitrogens is 1. The number of hydrogen-bond donors (Lipinski definition) is 1. The standard InChI is InChI=1S/C31H21Cl2N3O3S2/c1-17-2-13-25-26(14-17)41-30(35-25)18-3-8-21(9-4-18)36-28(37)16-27(31(36)39)40-22-10-6-20(7-11-22)34-29(38)23-12-5-19(32)15-24(23)33/h2-15,27H,16H2,1H3,(H,34,38). The van der Waals surface area contributed by atoms with Gasteiger partial charge in [0.05, 0.1) is 31.7 Å². The van der Waals surface area contributed by atoms with Crippen molar-refractivity contribution in [3.05, 3.63) is 106 Å². The molecule has 1 unspecified atom stereocenters. The summed E-state index contributed by atoms with van der Waals surface area (Å²) in [6.07, 6.45) is 0.107. The molecule has 204 valence electrons. The zero-order valence-corrected chi connectivity index (χ0v) is 24.7. The Balaban J connectivity index is 1.11. The van der Waals surface area contributed by atoms with Crippen LogP contribution in [0.15, 0.2) is 89.8 Å². The van der Waals surface area contributed by atoms with Gasteiger partial charge in [0.1, 0.15) is 5.01 Å². The molecule has 1 aliphatic heterocycles. The third-order valence-corrected chi connectivity index (χ3v) is 9.40. The summed E-state index contributed by atoms with van der Waals surface area (Å²) in [4.78, 5) is 45.5. The lowest BCUT2D eigenvalue weighted by atomic mass is 10.2. The van der Waals surface area contributed by atoms with Crippen molar-refractivity contribution in [2.45, 2.75) is 23.5 Å². The number of nitrogens with zero attached hydrogens (tertiary/aromatic N) is 2. The molecule has 1 saturated heterocycles. The monoisotopic (exact) mass is 617 g/mol. The molecule has 1 N–H and O–H groups in total. The Bertz CT molecular complexity index is 1820. The van der Waals surface area contributed by atoms with Crippen LogP contribution in [0.5, 0.6) is 0 Å². The van der Waals surface area contributed by atoms with Gasteiger partial charge in [-0.1, -0.05) is 29.3 Å². The molecule has 41 heavy (non-hydrogen) atoms. The fourth-order valence-electron chi connectivity index (χ4n) is 4.53. The Labute approximate surface area is 254 Å². The van der Waals surface area contributed by atoms with Gasteiger partial charge in [-0.05, 0) is 91.3 Å². The lowest BCUT2D eigenvalue weighted by Gasteiger charge is -2.15. The molecule has 1 aliphatic rings. The van der Waals surface area contributed by atoms with E-state index in [0.29, 0.717) is 22.0 Å². The molecule has 0 saturated carbocycles. The molecule has 0 spiro atoms. The van der Waals surface area contributed by atoms with Crippen LogP contribution in [0.3, 0.4) is 0 Å². The largest absolute Gasteiger partial charge is 0.322 e. The first-order chi connectivity index (χ1) is 19.7. The van der Waals surface area contributed by atoms with E-state index < -0.39 is 5.25 Å². The van der Waals surface area contributed by atoms with Crippen LogP contribution in [0, 0.1) is 6.92 Å². The molecule has 1 aromatic heterocycles. The summed E-state index contributed by atoms with van der Waals surface area (Å²) in [7, 11) is 0. The van der Waals surface area contributed by atoms with Gasteiger partial charge >= 0.3 is 0 Å². The number of hydrogen-bond acceptors (Lipinski definition) is 6. The number of benzene rings is 4. The van der Waals surface area contributed by atoms with Crippen molar-refractivity contribution >= 4 is 85.6 Å². The predicted molar refractivity (Wildman–Crippen MR) is 167 cm³/mol. The van der Waals surface area contributed by atoms with E-state index in [4.69, 9.17) is 28.2 Å². The van der Waals surface area contributed by atoms with Gasteiger partial charge in [0.2, 0.25) is 11.8 Å². The molecule has 4 aromatic carbocycles. The lowest BCUT2D eigenvalue weighted by Crippen LogP contribution is -2.31. The first-order valence-electron chi connectivity index (χ1n) is 12.6. The van der Waals surface area contributed by atoms with E-state index in [1.54, 1.807) is 59.9 Å². The number of rotatable bonds is 6. The van der Waals surface area contributed by atoms with Gasteiger partial charge in [-0.3, -0.25) is 14.4 Å². The lowest BCUT2D eigenvalue weighted by molar-refractivity contribution is -0.121. The van der Waals surface area contributed by atoms with Gasteiger partial charge in [-0.25, -0.2) is 9.88 Å². The molecule has 10 heteroatoms. The van der Waals surface area contributed by atoms with Crippen LogP contribution in [-0.4, -0.2) is 28.0 Å². The van der Waals surface area contributed by atoms with E-state index in [9.17, 15) is 14.4 Å². The molecule has 0 bridgehead atoms. The molecular formula is C31H21Cl2N3O3S2. The summed E-state index contributed by atoms with van der Waals surface area (Å²) < 4.78 is 1.12. The van der Waals surface area contributed by atoms with Gasteiger partial charge < -0.3 is 5.32 Å². The fraction of sp³-hybridized carbons (Fsp3) is 0.0968. The number of amides is 3. The van der Waals surface area contributed by atoms with Crippen molar-refractivity contribution in [3.8, 4) is 10.6 Å². The zero-order valence-electron chi connectivity index (χ0n) is 21.6. The maximum Gasteiger partial charge on any atom is 0.257 e. The summed E-state index contributed by atoms with van der Waals surface area (Å²) in [6, 6.07) is 25.3. The topological polar surface area (TPSA) is 79.4 Å². The van der Waals surface area contributed by atoms with Gasteiger partial charge in [0.25, 0.3) is 5.91 Å². The van der Waals surface area contributed by atoms with E-state index in [2.05, 4.69) is 18.3 Å². The zero-order chi connectivity index (χ0) is 28.7. The number of aryl methyl sites for hydroxylation is 1. The Morgan fingerprint density at radius 1 is 0.976 bits per heavy atom.